The first kappa shape index (κ1) is 9.42. The third-order valence-corrected chi connectivity index (χ3v) is 3.14. The fraction of sp³-hybridized carbons (Fsp3) is 0.267. The maximum absolute atomic E-state index is 11.7. The highest BCUT2D eigenvalue weighted by Crippen LogP contribution is 2.29. The Balaban J connectivity index is 2.15. The summed E-state index contributed by atoms with van der Waals surface area (Å²) in [6, 6.07) is 7.96. The summed E-state index contributed by atoms with van der Waals surface area (Å²) >= 11 is 0. The molecule has 78 valence electrons. The molecule has 0 radical (unpaired) electrons. The summed E-state index contributed by atoms with van der Waals surface area (Å²) in [6.07, 6.45) is 4.05. The van der Waals surface area contributed by atoms with E-state index in [0.29, 0.717) is 0 Å². The van der Waals surface area contributed by atoms with E-state index >= 15 is 0 Å². The van der Waals surface area contributed by atoms with Crippen LogP contribution in [0.15, 0.2) is 29.1 Å². The molecule has 1 heteroatoms. The second-order valence-electron chi connectivity index (χ2n) is 4.24. The molecule has 0 N–H and O–H groups in total. The van der Waals surface area contributed by atoms with Gasteiger partial charge in [0.15, 0.2) is 5.43 Å². The van der Waals surface area contributed by atoms with E-state index in [-0.39, 0.29) is 5.43 Å². The van der Waals surface area contributed by atoms with Crippen LogP contribution in [0.3, 0.4) is 0 Å². The van der Waals surface area contributed by atoms with Gasteiger partial charge in [0.25, 0.3) is 0 Å². The number of rotatable bonds is 0. The highest BCUT2D eigenvalue weighted by atomic mass is 16.1. The normalized spacial score (nSPS) is 14.8. The second kappa shape index (κ2) is 3.64. The Bertz CT molecular complexity index is 601. The Hall–Kier alpha value is -1.81. The van der Waals surface area contributed by atoms with Gasteiger partial charge in [-0.1, -0.05) is 30.0 Å². The third-order valence-electron chi connectivity index (χ3n) is 3.14. The van der Waals surface area contributed by atoms with E-state index < -0.39 is 0 Å². The van der Waals surface area contributed by atoms with Gasteiger partial charge >= 0.3 is 0 Å². The van der Waals surface area contributed by atoms with Crippen LogP contribution in [0.5, 0.6) is 0 Å². The fourth-order valence-corrected chi connectivity index (χ4v) is 2.21. The number of hydrogen-bond acceptors (Lipinski definition) is 1. The summed E-state index contributed by atoms with van der Waals surface area (Å²) in [4.78, 5) is 11.7. The van der Waals surface area contributed by atoms with Crippen molar-refractivity contribution >= 4 is 0 Å². The van der Waals surface area contributed by atoms with Crippen LogP contribution in [0.1, 0.15) is 30.4 Å². The number of hydrogen-bond donors (Lipinski definition) is 0. The van der Waals surface area contributed by atoms with Crippen molar-refractivity contribution in [3.63, 3.8) is 0 Å². The topological polar surface area (TPSA) is 17.1 Å². The Morgan fingerprint density at radius 2 is 2.00 bits per heavy atom. The number of benzene rings is 1. The van der Waals surface area contributed by atoms with Gasteiger partial charge in [-0.05, 0) is 25.3 Å². The van der Waals surface area contributed by atoms with Gasteiger partial charge in [0.05, 0.1) is 0 Å². The standard InChI is InChI=1S/C15H12O/c16-15-13-10-4-2-1-3-7-11-8-5-6-9-12(11)14(13)15/h5-6,8-9H,1-2,4,10H2. The molecule has 1 nitrogen and oxygen atoms in total. The molecule has 0 fully saturated rings. The Morgan fingerprint density at radius 1 is 1.12 bits per heavy atom. The highest BCUT2D eigenvalue weighted by molar-refractivity contribution is 5.80. The summed E-state index contributed by atoms with van der Waals surface area (Å²) in [5, 5.41) is 0. The van der Waals surface area contributed by atoms with Crippen molar-refractivity contribution in [1.82, 2.24) is 0 Å². The molecule has 2 aromatic rings. The zero-order valence-corrected chi connectivity index (χ0v) is 9.05. The molecular weight excluding hydrogens is 196 g/mol. The van der Waals surface area contributed by atoms with Crippen molar-refractivity contribution in [3.8, 4) is 23.0 Å². The van der Waals surface area contributed by atoms with E-state index in [1.165, 1.54) is 0 Å². The number of fused-ring (bicyclic) bond motifs is 3. The summed E-state index contributed by atoms with van der Waals surface area (Å²) in [7, 11) is 0. The smallest absolute Gasteiger partial charge is 0.190 e. The molecule has 0 aromatic heterocycles. The predicted octanol–water partition coefficient (Wildman–Crippen LogP) is 2.67. The largest absolute Gasteiger partial charge is 0.289 e. The molecule has 3 rings (SSSR count). The summed E-state index contributed by atoms with van der Waals surface area (Å²) in [5.74, 6) is 6.36. The molecule has 0 aliphatic heterocycles. The van der Waals surface area contributed by atoms with Crippen LogP contribution in [-0.2, 0) is 6.42 Å². The van der Waals surface area contributed by atoms with E-state index in [4.69, 9.17) is 0 Å². The van der Waals surface area contributed by atoms with E-state index in [9.17, 15) is 4.79 Å². The van der Waals surface area contributed by atoms with Crippen LogP contribution in [0.4, 0.5) is 0 Å². The van der Waals surface area contributed by atoms with Crippen LogP contribution in [0, 0.1) is 11.8 Å². The lowest BCUT2D eigenvalue weighted by Gasteiger charge is -2.00. The van der Waals surface area contributed by atoms with Crippen LogP contribution >= 0.6 is 0 Å². The molecule has 0 saturated heterocycles. The first-order valence-corrected chi connectivity index (χ1v) is 5.74. The zero-order chi connectivity index (χ0) is 11.0. The molecule has 0 atom stereocenters. The molecule has 2 aromatic carbocycles. The van der Waals surface area contributed by atoms with Gasteiger partial charge < -0.3 is 0 Å². The van der Waals surface area contributed by atoms with Crippen molar-refractivity contribution in [2.45, 2.75) is 25.7 Å². The first-order chi connectivity index (χ1) is 7.88. The fourth-order valence-electron chi connectivity index (χ4n) is 2.21. The average molecular weight is 208 g/mol. The van der Waals surface area contributed by atoms with Crippen LogP contribution in [0.25, 0.3) is 11.1 Å². The molecule has 1 aliphatic carbocycles. The highest BCUT2D eigenvalue weighted by Gasteiger charge is 2.24. The lowest BCUT2D eigenvalue weighted by atomic mass is 10.0. The molecule has 0 bridgehead atoms. The van der Waals surface area contributed by atoms with Gasteiger partial charge in [-0.25, -0.2) is 0 Å². The van der Waals surface area contributed by atoms with Gasteiger partial charge in [-0.3, -0.25) is 4.79 Å². The quantitative estimate of drug-likeness (QED) is 0.608. The van der Waals surface area contributed by atoms with Gasteiger partial charge in [0, 0.05) is 28.7 Å². The van der Waals surface area contributed by atoms with Crippen molar-refractivity contribution in [2.75, 3.05) is 0 Å². The second-order valence-corrected chi connectivity index (χ2v) is 4.24. The summed E-state index contributed by atoms with van der Waals surface area (Å²) in [5.41, 5.74) is 4.28. The predicted molar refractivity (Wildman–Crippen MR) is 65.0 cm³/mol. The molecule has 0 amide bonds. The van der Waals surface area contributed by atoms with Crippen molar-refractivity contribution in [3.05, 3.63) is 45.6 Å². The van der Waals surface area contributed by atoms with Crippen LogP contribution in [0.2, 0.25) is 0 Å². The lowest BCUT2D eigenvalue weighted by Crippen LogP contribution is -1.84. The van der Waals surface area contributed by atoms with Gasteiger partial charge in [0.2, 0.25) is 0 Å². The minimum absolute atomic E-state index is 0.260. The molecule has 0 saturated carbocycles. The zero-order valence-electron chi connectivity index (χ0n) is 9.05. The minimum atomic E-state index is 0.260. The summed E-state index contributed by atoms with van der Waals surface area (Å²) in [6.45, 7) is 0. The van der Waals surface area contributed by atoms with Crippen LogP contribution < -0.4 is 5.43 Å². The van der Waals surface area contributed by atoms with Gasteiger partial charge in [0.1, 0.15) is 0 Å². The minimum Gasteiger partial charge on any atom is -0.289 e. The molecule has 0 unspecified atom stereocenters. The molecule has 1 aliphatic rings. The van der Waals surface area contributed by atoms with E-state index in [1.54, 1.807) is 0 Å². The monoisotopic (exact) mass is 208 g/mol. The molecular formula is C15H12O. The van der Waals surface area contributed by atoms with Crippen LogP contribution in [-0.4, -0.2) is 0 Å². The van der Waals surface area contributed by atoms with Crippen molar-refractivity contribution in [2.24, 2.45) is 0 Å². The molecule has 16 heavy (non-hydrogen) atoms. The average Bonchev–Trinajstić information content (AvgIpc) is 2.96. The van der Waals surface area contributed by atoms with Crippen molar-refractivity contribution < 1.29 is 0 Å². The third kappa shape index (κ3) is 1.47. The SMILES string of the molecule is O=c1c2c1-c1ccccc1C#CCCCC2. The van der Waals surface area contributed by atoms with Gasteiger partial charge in [-0.2, -0.15) is 0 Å². The lowest BCUT2D eigenvalue weighted by molar-refractivity contribution is 0.763. The Kier molecular flexibility index (Phi) is 2.15. The maximum Gasteiger partial charge on any atom is 0.190 e. The van der Waals surface area contributed by atoms with E-state index in [2.05, 4.69) is 11.8 Å². The Labute approximate surface area is 94.8 Å². The molecule has 0 heterocycles. The summed E-state index contributed by atoms with van der Waals surface area (Å²) < 4.78 is 0. The molecule has 0 spiro atoms. The van der Waals surface area contributed by atoms with E-state index in [1.807, 2.05) is 24.3 Å². The van der Waals surface area contributed by atoms with Gasteiger partial charge in [-0.15, -0.1) is 0 Å². The van der Waals surface area contributed by atoms with Crippen molar-refractivity contribution in [1.29, 1.82) is 0 Å². The Morgan fingerprint density at radius 3 is 2.94 bits per heavy atom. The van der Waals surface area contributed by atoms with E-state index in [0.717, 1.165) is 47.9 Å². The maximum atomic E-state index is 11.7. The first-order valence-electron chi connectivity index (χ1n) is 5.74.